The predicted octanol–water partition coefficient (Wildman–Crippen LogP) is 4.74. The van der Waals surface area contributed by atoms with Gasteiger partial charge in [-0.2, -0.15) is 0 Å². The summed E-state index contributed by atoms with van der Waals surface area (Å²) in [7, 11) is 0. The third-order valence-corrected chi connectivity index (χ3v) is 6.17. The van der Waals surface area contributed by atoms with E-state index in [0.717, 1.165) is 27.6 Å². The van der Waals surface area contributed by atoms with Crippen LogP contribution in [0.25, 0.3) is 11.3 Å². The van der Waals surface area contributed by atoms with Gasteiger partial charge in [0.05, 0.1) is 17.2 Å². The highest BCUT2D eigenvalue weighted by atomic mass is 32.1. The highest BCUT2D eigenvalue weighted by Crippen LogP contribution is 2.35. The summed E-state index contributed by atoms with van der Waals surface area (Å²) in [6, 6.07) is 15.6. The van der Waals surface area contributed by atoms with E-state index in [2.05, 4.69) is 5.32 Å². The fourth-order valence-electron chi connectivity index (χ4n) is 3.23. The number of nitrogens with one attached hydrogen (secondary N) is 1. The lowest BCUT2D eigenvalue weighted by Crippen LogP contribution is -2.41. The molecule has 0 saturated heterocycles. The number of ether oxygens (including phenoxy) is 2. The average Bonchev–Trinajstić information content (AvgIpc) is 3.24. The van der Waals surface area contributed by atoms with E-state index in [9.17, 15) is 4.79 Å². The van der Waals surface area contributed by atoms with Crippen LogP contribution in [0.15, 0.2) is 53.9 Å². The Balaban J connectivity index is 1.49. The molecule has 4 rings (SSSR count). The van der Waals surface area contributed by atoms with Gasteiger partial charge in [-0.3, -0.25) is 4.79 Å². The van der Waals surface area contributed by atoms with Crippen LogP contribution < -0.4 is 14.8 Å². The van der Waals surface area contributed by atoms with Gasteiger partial charge in [-0.1, -0.05) is 36.4 Å². The van der Waals surface area contributed by atoms with Crippen LogP contribution in [0.4, 0.5) is 0 Å². The topological polar surface area (TPSA) is 60.5 Å². The van der Waals surface area contributed by atoms with E-state index in [1.54, 1.807) is 11.3 Å². The first kappa shape index (κ1) is 19.5. The van der Waals surface area contributed by atoms with Gasteiger partial charge in [0.25, 0.3) is 0 Å². The Labute approximate surface area is 174 Å². The third-order valence-electron chi connectivity index (χ3n) is 5.14. The minimum atomic E-state index is -0.719. The van der Waals surface area contributed by atoms with Gasteiger partial charge in [0.1, 0.15) is 18.2 Å². The van der Waals surface area contributed by atoms with Crippen molar-refractivity contribution in [3.8, 4) is 22.8 Å². The van der Waals surface area contributed by atoms with Crippen molar-refractivity contribution in [1.82, 2.24) is 10.3 Å². The normalized spacial score (nSPS) is 14.3. The van der Waals surface area contributed by atoms with E-state index < -0.39 is 5.41 Å². The van der Waals surface area contributed by atoms with Crippen molar-refractivity contribution < 1.29 is 14.3 Å². The van der Waals surface area contributed by atoms with Crippen LogP contribution in [0.1, 0.15) is 37.4 Å². The zero-order valence-corrected chi connectivity index (χ0v) is 17.6. The Bertz CT molecular complexity index is 1010. The molecular formula is C23H24N2O3S. The Kier molecular flexibility index (Phi) is 5.28. The van der Waals surface area contributed by atoms with Crippen molar-refractivity contribution in [2.24, 2.45) is 0 Å². The zero-order valence-electron chi connectivity index (χ0n) is 16.8. The molecule has 3 aromatic rings. The zero-order chi connectivity index (χ0) is 20.4. The minimum Gasteiger partial charge on any atom is -0.486 e. The standard InChI is InChI=1S/C23H24N2O3S/c1-15(21-25-18(14-29-21)16-7-5-4-6-8-16)24-22(26)23(2,3)17-9-10-19-20(13-17)28-12-11-27-19/h4-10,13-15H,11-12H2,1-3H3,(H,24,26)/t15-/m0/s1. The van der Waals surface area contributed by atoms with Crippen molar-refractivity contribution in [3.05, 3.63) is 64.5 Å². The second-order valence-corrected chi connectivity index (χ2v) is 8.51. The summed E-state index contributed by atoms with van der Waals surface area (Å²) in [5.74, 6) is 1.36. The Morgan fingerprint density at radius 1 is 1.10 bits per heavy atom. The Morgan fingerprint density at radius 3 is 2.59 bits per heavy atom. The first-order valence-corrected chi connectivity index (χ1v) is 10.5. The lowest BCUT2D eigenvalue weighted by Gasteiger charge is -2.27. The number of hydrogen-bond acceptors (Lipinski definition) is 5. The lowest BCUT2D eigenvalue weighted by atomic mass is 9.83. The number of hydrogen-bond donors (Lipinski definition) is 1. The molecule has 2 aromatic carbocycles. The molecule has 1 N–H and O–H groups in total. The van der Waals surface area contributed by atoms with Gasteiger partial charge in [-0.25, -0.2) is 4.98 Å². The van der Waals surface area contributed by atoms with Crippen LogP contribution in [0.2, 0.25) is 0 Å². The molecule has 1 amide bonds. The van der Waals surface area contributed by atoms with Gasteiger partial charge in [0.2, 0.25) is 5.91 Å². The van der Waals surface area contributed by atoms with E-state index in [0.29, 0.717) is 19.0 Å². The Morgan fingerprint density at radius 2 is 1.83 bits per heavy atom. The first-order chi connectivity index (χ1) is 13.9. The Hall–Kier alpha value is -2.86. The number of fused-ring (bicyclic) bond motifs is 1. The van der Waals surface area contributed by atoms with Crippen molar-refractivity contribution in [1.29, 1.82) is 0 Å². The summed E-state index contributed by atoms with van der Waals surface area (Å²) in [6.45, 7) is 6.86. The SMILES string of the molecule is C[C@H](NC(=O)C(C)(C)c1ccc2c(c1)OCCO2)c1nc(-c2ccccc2)cs1. The molecule has 6 heteroatoms. The number of benzene rings is 2. The maximum absolute atomic E-state index is 13.1. The molecule has 29 heavy (non-hydrogen) atoms. The van der Waals surface area contributed by atoms with Gasteiger partial charge in [-0.05, 0) is 38.5 Å². The third kappa shape index (κ3) is 3.98. The van der Waals surface area contributed by atoms with Crippen LogP contribution in [-0.4, -0.2) is 24.1 Å². The molecule has 1 aliphatic rings. The molecule has 150 valence electrons. The molecule has 0 saturated carbocycles. The van der Waals surface area contributed by atoms with E-state index in [-0.39, 0.29) is 11.9 Å². The summed E-state index contributed by atoms with van der Waals surface area (Å²) in [4.78, 5) is 17.8. The predicted molar refractivity (Wildman–Crippen MR) is 115 cm³/mol. The maximum Gasteiger partial charge on any atom is 0.230 e. The minimum absolute atomic E-state index is 0.0573. The quantitative estimate of drug-likeness (QED) is 0.663. The molecule has 0 spiro atoms. The van der Waals surface area contributed by atoms with Crippen LogP contribution in [0.3, 0.4) is 0 Å². The van der Waals surface area contributed by atoms with Crippen LogP contribution in [-0.2, 0) is 10.2 Å². The molecule has 1 aliphatic heterocycles. The number of rotatable bonds is 5. The second-order valence-electron chi connectivity index (χ2n) is 7.62. The van der Waals surface area contributed by atoms with Crippen molar-refractivity contribution in [2.45, 2.75) is 32.2 Å². The van der Waals surface area contributed by atoms with Crippen LogP contribution in [0.5, 0.6) is 11.5 Å². The molecule has 0 fully saturated rings. The molecule has 0 bridgehead atoms. The molecular weight excluding hydrogens is 384 g/mol. The largest absolute Gasteiger partial charge is 0.486 e. The lowest BCUT2D eigenvalue weighted by molar-refractivity contribution is -0.126. The number of aromatic nitrogens is 1. The summed E-state index contributed by atoms with van der Waals surface area (Å²) in [6.07, 6.45) is 0. The summed E-state index contributed by atoms with van der Waals surface area (Å²) < 4.78 is 11.2. The van der Waals surface area contributed by atoms with Gasteiger partial charge in [-0.15, -0.1) is 11.3 Å². The van der Waals surface area contributed by atoms with Gasteiger partial charge in [0, 0.05) is 10.9 Å². The first-order valence-electron chi connectivity index (χ1n) is 9.67. The molecule has 5 nitrogen and oxygen atoms in total. The highest BCUT2D eigenvalue weighted by Gasteiger charge is 2.32. The fraction of sp³-hybridized carbons (Fsp3) is 0.304. The summed E-state index contributed by atoms with van der Waals surface area (Å²) in [5, 5.41) is 6.03. The number of nitrogens with zero attached hydrogens (tertiary/aromatic N) is 1. The molecule has 0 unspecified atom stereocenters. The number of amides is 1. The fourth-order valence-corrected chi connectivity index (χ4v) is 4.07. The second kappa shape index (κ2) is 7.87. The smallest absolute Gasteiger partial charge is 0.230 e. The number of carbonyl (C=O) groups excluding carboxylic acids is 1. The molecule has 0 radical (unpaired) electrons. The van der Waals surface area contributed by atoms with E-state index in [1.165, 1.54) is 0 Å². The van der Waals surface area contributed by atoms with Crippen molar-refractivity contribution in [3.63, 3.8) is 0 Å². The summed E-state index contributed by atoms with van der Waals surface area (Å²) >= 11 is 1.56. The van der Waals surface area contributed by atoms with Crippen molar-refractivity contribution >= 4 is 17.2 Å². The van der Waals surface area contributed by atoms with Crippen molar-refractivity contribution in [2.75, 3.05) is 13.2 Å². The number of carbonyl (C=O) groups is 1. The average molecular weight is 409 g/mol. The number of thiazole rings is 1. The van der Waals surface area contributed by atoms with Gasteiger partial charge < -0.3 is 14.8 Å². The molecule has 0 aliphatic carbocycles. The van der Waals surface area contributed by atoms with Gasteiger partial charge in [0.15, 0.2) is 11.5 Å². The molecule has 2 heterocycles. The van der Waals surface area contributed by atoms with E-state index in [4.69, 9.17) is 14.5 Å². The monoisotopic (exact) mass is 408 g/mol. The van der Waals surface area contributed by atoms with Crippen LogP contribution >= 0.6 is 11.3 Å². The maximum atomic E-state index is 13.1. The van der Waals surface area contributed by atoms with E-state index in [1.807, 2.05) is 74.7 Å². The van der Waals surface area contributed by atoms with E-state index >= 15 is 0 Å². The molecule has 1 aromatic heterocycles. The van der Waals surface area contributed by atoms with Crippen LogP contribution in [0, 0.1) is 0 Å². The molecule has 1 atom stereocenters. The van der Waals surface area contributed by atoms with Gasteiger partial charge >= 0.3 is 0 Å². The summed E-state index contributed by atoms with van der Waals surface area (Å²) in [5.41, 5.74) is 2.17. The highest BCUT2D eigenvalue weighted by molar-refractivity contribution is 7.10.